The Labute approximate surface area is 92.5 Å². The number of nitrogens with one attached hydrogen (secondary N) is 2. The molecule has 0 saturated carbocycles. The van der Waals surface area contributed by atoms with Gasteiger partial charge in [-0.05, 0) is 24.3 Å². The van der Waals surface area contributed by atoms with E-state index in [1.54, 1.807) is 0 Å². The van der Waals surface area contributed by atoms with Crippen molar-refractivity contribution in [3.8, 4) is 12.3 Å². The molecule has 0 aliphatic carbocycles. The highest BCUT2D eigenvalue weighted by Gasteiger charge is 2.04. The lowest BCUT2D eigenvalue weighted by atomic mass is 10.2. The predicted octanol–water partition coefficient (Wildman–Crippen LogP) is 1.14. The number of carboxylic acid groups (broad SMARTS) is 1. The van der Waals surface area contributed by atoms with Crippen molar-refractivity contribution >= 4 is 17.7 Å². The van der Waals surface area contributed by atoms with Crippen molar-refractivity contribution in [2.24, 2.45) is 0 Å². The summed E-state index contributed by atoms with van der Waals surface area (Å²) in [5, 5.41) is 13.1. The van der Waals surface area contributed by atoms with Gasteiger partial charge < -0.3 is 10.4 Å². The van der Waals surface area contributed by atoms with Crippen molar-refractivity contribution in [2.45, 2.75) is 0 Å². The van der Waals surface area contributed by atoms with Gasteiger partial charge in [0.25, 0.3) is 5.91 Å². The van der Waals surface area contributed by atoms with Crippen molar-refractivity contribution < 1.29 is 14.7 Å². The summed E-state index contributed by atoms with van der Waals surface area (Å²) < 4.78 is 0. The summed E-state index contributed by atoms with van der Waals surface area (Å²) in [5.74, 6) is 1.99. The van der Waals surface area contributed by atoms with E-state index in [2.05, 4.69) is 16.6 Å². The Morgan fingerprint density at radius 2 is 1.94 bits per heavy atom. The first-order valence-corrected chi connectivity index (χ1v) is 4.45. The van der Waals surface area contributed by atoms with Crippen LogP contribution >= 0.6 is 0 Å². The van der Waals surface area contributed by atoms with Crippen LogP contribution in [0.1, 0.15) is 10.4 Å². The minimum Gasteiger partial charge on any atom is -0.465 e. The molecule has 1 aromatic carbocycles. The number of rotatable bonds is 3. The molecule has 3 N–H and O–H groups in total. The van der Waals surface area contributed by atoms with E-state index in [0.717, 1.165) is 0 Å². The van der Waals surface area contributed by atoms with E-state index in [0.29, 0.717) is 11.3 Å². The minimum atomic E-state index is -1.15. The fourth-order valence-corrected chi connectivity index (χ4v) is 1.06. The number of terminal acetylenes is 1. The van der Waals surface area contributed by atoms with Crippen LogP contribution in [0.25, 0.3) is 0 Å². The van der Waals surface area contributed by atoms with Crippen LogP contribution in [0, 0.1) is 12.3 Å². The van der Waals surface area contributed by atoms with Crippen LogP contribution in [0.2, 0.25) is 0 Å². The van der Waals surface area contributed by atoms with E-state index in [1.807, 2.05) is 0 Å². The zero-order valence-electron chi connectivity index (χ0n) is 8.36. The quantitative estimate of drug-likeness (QED) is 0.665. The number of amides is 2. The van der Waals surface area contributed by atoms with Gasteiger partial charge in [-0.3, -0.25) is 10.1 Å². The van der Waals surface area contributed by atoms with Crippen LogP contribution in [-0.2, 0) is 0 Å². The molecular formula is C11H10N2O3. The van der Waals surface area contributed by atoms with Gasteiger partial charge in [0.05, 0.1) is 6.54 Å². The van der Waals surface area contributed by atoms with Crippen molar-refractivity contribution in [3.63, 3.8) is 0 Å². The van der Waals surface area contributed by atoms with Crippen molar-refractivity contribution in [3.05, 3.63) is 29.8 Å². The van der Waals surface area contributed by atoms with Crippen LogP contribution in [0.3, 0.4) is 0 Å². The number of carbonyl (C=O) groups excluding carboxylic acids is 1. The molecule has 5 heteroatoms. The molecule has 0 aromatic heterocycles. The molecule has 0 aliphatic heterocycles. The largest absolute Gasteiger partial charge is 0.465 e. The topological polar surface area (TPSA) is 78.4 Å². The third-order valence-electron chi connectivity index (χ3n) is 1.75. The summed E-state index contributed by atoms with van der Waals surface area (Å²) in [6, 6.07) is 6.02. The van der Waals surface area contributed by atoms with Crippen molar-refractivity contribution in [1.29, 1.82) is 0 Å². The fraction of sp³-hybridized carbons (Fsp3) is 0.0909. The van der Waals surface area contributed by atoms with Crippen molar-refractivity contribution in [1.82, 2.24) is 5.32 Å². The molecule has 82 valence electrons. The summed E-state index contributed by atoms with van der Waals surface area (Å²) in [4.78, 5) is 21.7. The second-order valence-electron chi connectivity index (χ2n) is 2.89. The Balaban J connectivity index is 2.67. The van der Waals surface area contributed by atoms with E-state index in [4.69, 9.17) is 11.5 Å². The number of anilines is 1. The average Bonchev–Trinajstić information content (AvgIpc) is 2.26. The third-order valence-corrected chi connectivity index (χ3v) is 1.75. The highest BCUT2D eigenvalue weighted by Crippen LogP contribution is 2.09. The van der Waals surface area contributed by atoms with E-state index < -0.39 is 6.09 Å². The number of benzene rings is 1. The first kappa shape index (κ1) is 11.6. The Kier molecular flexibility index (Phi) is 3.92. The highest BCUT2D eigenvalue weighted by molar-refractivity contribution is 5.95. The molecular weight excluding hydrogens is 208 g/mol. The Morgan fingerprint density at radius 3 is 2.44 bits per heavy atom. The molecule has 1 rings (SSSR count). The standard InChI is InChI=1S/C11H10N2O3/c1-2-7-12-10(14)8-3-5-9(6-4-8)13-11(15)16/h1,3-6,13H,7H2,(H,12,14)(H,15,16). The number of hydrogen-bond acceptors (Lipinski definition) is 2. The molecule has 0 bridgehead atoms. The monoisotopic (exact) mass is 218 g/mol. The van der Waals surface area contributed by atoms with Gasteiger partial charge >= 0.3 is 6.09 Å². The van der Waals surface area contributed by atoms with Gasteiger partial charge in [-0.25, -0.2) is 4.79 Å². The lowest BCUT2D eigenvalue weighted by Crippen LogP contribution is -2.23. The van der Waals surface area contributed by atoms with Crippen LogP contribution in [0.4, 0.5) is 10.5 Å². The minimum absolute atomic E-state index is 0.161. The maximum Gasteiger partial charge on any atom is 0.409 e. The van der Waals surface area contributed by atoms with Crippen LogP contribution in [-0.4, -0.2) is 23.7 Å². The molecule has 0 spiro atoms. The Hall–Kier alpha value is -2.48. The molecule has 0 aliphatic rings. The van der Waals surface area contributed by atoms with Gasteiger partial charge in [0.15, 0.2) is 0 Å². The number of carbonyl (C=O) groups is 2. The molecule has 16 heavy (non-hydrogen) atoms. The van der Waals surface area contributed by atoms with E-state index >= 15 is 0 Å². The van der Waals surface area contributed by atoms with E-state index in [9.17, 15) is 9.59 Å². The smallest absolute Gasteiger partial charge is 0.409 e. The molecule has 0 unspecified atom stereocenters. The van der Waals surface area contributed by atoms with Gasteiger partial charge in [0.1, 0.15) is 0 Å². The lowest BCUT2D eigenvalue weighted by Gasteiger charge is -2.03. The Morgan fingerprint density at radius 1 is 1.31 bits per heavy atom. The van der Waals surface area contributed by atoms with E-state index in [-0.39, 0.29) is 12.5 Å². The summed E-state index contributed by atoms with van der Waals surface area (Å²) in [5.41, 5.74) is 0.826. The lowest BCUT2D eigenvalue weighted by molar-refractivity contribution is 0.0958. The molecule has 0 saturated heterocycles. The van der Waals surface area contributed by atoms with E-state index in [1.165, 1.54) is 24.3 Å². The summed E-state index contributed by atoms with van der Waals surface area (Å²) in [6.45, 7) is 0.161. The normalized spacial score (nSPS) is 8.94. The summed E-state index contributed by atoms with van der Waals surface area (Å²) in [7, 11) is 0. The van der Waals surface area contributed by atoms with Gasteiger partial charge in [-0.15, -0.1) is 6.42 Å². The van der Waals surface area contributed by atoms with Crippen LogP contribution in [0.5, 0.6) is 0 Å². The van der Waals surface area contributed by atoms with Gasteiger partial charge in [0, 0.05) is 11.3 Å². The molecule has 0 fully saturated rings. The first-order valence-electron chi connectivity index (χ1n) is 4.45. The van der Waals surface area contributed by atoms with Gasteiger partial charge in [-0.2, -0.15) is 0 Å². The molecule has 5 nitrogen and oxygen atoms in total. The molecule has 0 atom stereocenters. The average molecular weight is 218 g/mol. The zero-order chi connectivity index (χ0) is 12.0. The molecule has 0 heterocycles. The fourth-order valence-electron chi connectivity index (χ4n) is 1.06. The summed E-state index contributed by atoms with van der Waals surface area (Å²) >= 11 is 0. The molecule has 1 aromatic rings. The molecule has 0 radical (unpaired) electrons. The SMILES string of the molecule is C#CCNC(=O)c1ccc(NC(=O)O)cc1. The second-order valence-corrected chi connectivity index (χ2v) is 2.89. The number of hydrogen-bond donors (Lipinski definition) is 3. The predicted molar refractivity (Wildman–Crippen MR) is 59.3 cm³/mol. The highest BCUT2D eigenvalue weighted by atomic mass is 16.4. The Bertz CT molecular complexity index is 432. The second kappa shape index (κ2) is 5.41. The van der Waals surface area contributed by atoms with Crippen LogP contribution in [0.15, 0.2) is 24.3 Å². The maximum atomic E-state index is 11.4. The third kappa shape index (κ3) is 3.35. The van der Waals surface area contributed by atoms with Gasteiger partial charge in [-0.1, -0.05) is 5.92 Å². The van der Waals surface area contributed by atoms with Crippen LogP contribution < -0.4 is 10.6 Å². The molecule has 2 amide bonds. The van der Waals surface area contributed by atoms with Crippen molar-refractivity contribution in [2.75, 3.05) is 11.9 Å². The maximum absolute atomic E-state index is 11.4. The van der Waals surface area contributed by atoms with Gasteiger partial charge in [0.2, 0.25) is 0 Å². The zero-order valence-corrected chi connectivity index (χ0v) is 8.36. The summed E-state index contributed by atoms with van der Waals surface area (Å²) in [6.07, 6.45) is 3.85. The first-order chi connectivity index (χ1) is 7.63.